The summed E-state index contributed by atoms with van der Waals surface area (Å²) in [6.07, 6.45) is 1.61. The number of aryl methyl sites for hydroxylation is 1. The average molecular weight is 343 g/mol. The first-order valence-electron chi connectivity index (χ1n) is 8.36. The molecule has 1 saturated carbocycles. The summed E-state index contributed by atoms with van der Waals surface area (Å²) < 4.78 is 28.2. The summed E-state index contributed by atoms with van der Waals surface area (Å²) in [4.78, 5) is 0.309. The van der Waals surface area contributed by atoms with Crippen LogP contribution in [0.1, 0.15) is 36.3 Å². The van der Waals surface area contributed by atoms with E-state index in [1.807, 2.05) is 43.3 Å². The molecular formula is C19H21NO3S. The lowest BCUT2D eigenvalue weighted by Gasteiger charge is -2.35. The van der Waals surface area contributed by atoms with E-state index in [0.29, 0.717) is 11.3 Å². The van der Waals surface area contributed by atoms with Crippen molar-refractivity contribution in [3.8, 4) is 0 Å². The van der Waals surface area contributed by atoms with Gasteiger partial charge in [0.05, 0.1) is 22.7 Å². The Balaban J connectivity index is 1.84. The zero-order valence-electron chi connectivity index (χ0n) is 13.6. The van der Waals surface area contributed by atoms with Gasteiger partial charge in [-0.15, -0.1) is 0 Å². The van der Waals surface area contributed by atoms with Gasteiger partial charge < -0.3 is 5.11 Å². The van der Waals surface area contributed by atoms with Crippen LogP contribution in [0.15, 0.2) is 53.4 Å². The van der Waals surface area contributed by atoms with Gasteiger partial charge in [-0.25, -0.2) is 8.42 Å². The molecule has 0 radical (unpaired) electrons. The number of rotatable bonds is 2. The van der Waals surface area contributed by atoms with Gasteiger partial charge in [0.15, 0.2) is 0 Å². The molecular weight excluding hydrogens is 322 g/mol. The lowest BCUT2D eigenvalue weighted by Crippen LogP contribution is -2.43. The minimum atomic E-state index is -3.64. The lowest BCUT2D eigenvalue weighted by molar-refractivity contribution is 0.115. The molecule has 0 bridgehead atoms. The molecule has 2 aliphatic rings. The molecule has 3 unspecified atom stereocenters. The third-order valence-electron chi connectivity index (χ3n) is 5.24. The van der Waals surface area contributed by atoms with Crippen molar-refractivity contribution in [2.24, 2.45) is 0 Å². The number of benzene rings is 2. The summed E-state index contributed by atoms with van der Waals surface area (Å²) in [5.74, 6) is 0.171. The summed E-state index contributed by atoms with van der Waals surface area (Å²) in [6.45, 7) is 1.94. The van der Waals surface area contributed by atoms with Gasteiger partial charge in [0.25, 0.3) is 10.0 Å². The predicted molar refractivity (Wildman–Crippen MR) is 93.7 cm³/mol. The van der Waals surface area contributed by atoms with Crippen molar-refractivity contribution >= 4 is 15.7 Å². The normalized spacial score (nSPS) is 26.1. The van der Waals surface area contributed by atoms with Gasteiger partial charge in [0, 0.05) is 5.92 Å². The summed E-state index contributed by atoms with van der Waals surface area (Å²) >= 11 is 0. The smallest absolute Gasteiger partial charge is 0.264 e. The molecule has 3 atom stereocenters. The fourth-order valence-electron chi connectivity index (χ4n) is 4.06. The molecule has 0 spiro atoms. The number of nitrogens with zero attached hydrogens (tertiary/aromatic N) is 1. The van der Waals surface area contributed by atoms with Crippen molar-refractivity contribution < 1.29 is 13.5 Å². The SMILES string of the molecule is Cc1ccc(S(=O)(=O)N2c3ccccc3C3CCC(O)CC32)cc1. The number of fused-ring (bicyclic) bond motifs is 3. The monoisotopic (exact) mass is 343 g/mol. The van der Waals surface area contributed by atoms with E-state index < -0.39 is 16.1 Å². The summed E-state index contributed by atoms with van der Waals surface area (Å²) in [7, 11) is -3.64. The second-order valence-corrected chi connectivity index (χ2v) is 8.63. The number of aliphatic hydroxyl groups excluding tert-OH is 1. The number of anilines is 1. The Morgan fingerprint density at radius 3 is 2.50 bits per heavy atom. The maximum Gasteiger partial charge on any atom is 0.264 e. The maximum atomic E-state index is 13.3. The maximum absolute atomic E-state index is 13.3. The van der Waals surface area contributed by atoms with Crippen LogP contribution >= 0.6 is 0 Å². The Labute approximate surface area is 142 Å². The quantitative estimate of drug-likeness (QED) is 0.911. The molecule has 1 heterocycles. The van der Waals surface area contributed by atoms with Crippen molar-refractivity contribution in [2.45, 2.75) is 49.1 Å². The van der Waals surface area contributed by atoms with E-state index in [4.69, 9.17) is 0 Å². The predicted octanol–water partition coefficient (Wildman–Crippen LogP) is 3.20. The molecule has 0 saturated heterocycles. The van der Waals surface area contributed by atoms with Crippen LogP contribution in [0.3, 0.4) is 0 Å². The third-order valence-corrected chi connectivity index (χ3v) is 7.09. The van der Waals surface area contributed by atoms with Gasteiger partial charge in [-0.3, -0.25) is 4.31 Å². The van der Waals surface area contributed by atoms with E-state index in [0.717, 1.165) is 29.7 Å². The van der Waals surface area contributed by atoms with Crippen molar-refractivity contribution in [3.63, 3.8) is 0 Å². The highest BCUT2D eigenvalue weighted by Crippen LogP contribution is 2.49. The highest BCUT2D eigenvalue weighted by Gasteiger charge is 2.47. The first-order valence-corrected chi connectivity index (χ1v) is 9.80. The minimum absolute atomic E-state index is 0.171. The van der Waals surface area contributed by atoms with E-state index in [1.54, 1.807) is 16.4 Å². The molecule has 4 rings (SSSR count). The van der Waals surface area contributed by atoms with E-state index in [9.17, 15) is 13.5 Å². The zero-order valence-corrected chi connectivity index (χ0v) is 14.4. The van der Waals surface area contributed by atoms with Gasteiger partial charge >= 0.3 is 0 Å². The number of aliphatic hydroxyl groups is 1. The first kappa shape index (κ1) is 15.7. The zero-order chi connectivity index (χ0) is 16.9. The van der Waals surface area contributed by atoms with Crippen LogP contribution in [-0.4, -0.2) is 25.7 Å². The number of hydrogen-bond acceptors (Lipinski definition) is 3. The third kappa shape index (κ3) is 2.34. The molecule has 4 nitrogen and oxygen atoms in total. The van der Waals surface area contributed by atoms with Crippen LogP contribution < -0.4 is 4.31 Å². The number of para-hydroxylation sites is 1. The molecule has 0 amide bonds. The van der Waals surface area contributed by atoms with Gasteiger partial charge in [-0.1, -0.05) is 35.9 Å². The lowest BCUT2D eigenvalue weighted by atomic mass is 9.81. The van der Waals surface area contributed by atoms with Crippen LogP contribution in [0, 0.1) is 6.92 Å². The van der Waals surface area contributed by atoms with Gasteiger partial charge in [0.1, 0.15) is 0 Å². The number of sulfonamides is 1. The molecule has 0 aromatic heterocycles. The summed E-state index contributed by atoms with van der Waals surface area (Å²) in [5, 5.41) is 10.1. The summed E-state index contributed by atoms with van der Waals surface area (Å²) in [5.41, 5.74) is 2.88. The van der Waals surface area contributed by atoms with E-state index in [-0.39, 0.29) is 12.0 Å². The Morgan fingerprint density at radius 2 is 1.75 bits per heavy atom. The largest absolute Gasteiger partial charge is 0.393 e. The van der Waals surface area contributed by atoms with Crippen LogP contribution in [0.4, 0.5) is 5.69 Å². The molecule has 2 aromatic carbocycles. The Hall–Kier alpha value is -1.85. The summed E-state index contributed by atoms with van der Waals surface area (Å²) in [6, 6.07) is 14.5. The van der Waals surface area contributed by atoms with Crippen LogP contribution in [-0.2, 0) is 10.0 Å². The topological polar surface area (TPSA) is 57.6 Å². The van der Waals surface area contributed by atoms with Gasteiger partial charge in [0.2, 0.25) is 0 Å². The standard InChI is InChI=1S/C19H21NO3S/c1-13-6-9-15(10-7-13)24(22,23)20-18-5-3-2-4-16(18)17-11-8-14(21)12-19(17)20/h2-7,9-10,14,17,19,21H,8,11-12H2,1H3. The molecule has 1 N–H and O–H groups in total. The molecule has 1 fully saturated rings. The highest BCUT2D eigenvalue weighted by atomic mass is 32.2. The molecule has 1 aliphatic carbocycles. The van der Waals surface area contributed by atoms with Crippen molar-refractivity contribution in [2.75, 3.05) is 4.31 Å². The van der Waals surface area contributed by atoms with Crippen molar-refractivity contribution in [1.29, 1.82) is 0 Å². The molecule has 126 valence electrons. The Morgan fingerprint density at radius 1 is 1.04 bits per heavy atom. The molecule has 2 aromatic rings. The second-order valence-electron chi connectivity index (χ2n) is 6.81. The van der Waals surface area contributed by atoms with Crippen molar-refractivity contribution in [1.82, 2.24) is 0 Å². The first-order chi connectivity index (χ1) is 11.5. The van der Waals surface area contributed by atoms with Crippen LogP contribution in [0.25, 0.3) is 0 Å². The van der Waals surface area contributed by atoms with Gasteiger partial charge in [-0.2, -0.15) is 0 Å². The highest BCUT2D eigenvalue weighted by molar-refractivity contribution is 7.92. The molecule has 5 heteroatoms. The van der Waals surface area contributed by atoms with Crippen LogP contribution in [0.5, 0.6) is 0 Å². The van der Waals surface area contributed by atoms with E-state index in [2.05, 4.69) is 0 Å². The van der Waals surface area contributed by atoms with E-state index >= 15 is 0 Å². The fourth-order valence-corrected chi connectivity index (χ4v) is 5.78. The van der Waals surface area contributed by atoms with Crippen molar-refractivity contribution in [3.05, 3.63) is 59.7 Å². The number of hydrogen-bond donors (Lipinski definition) is 1. The Bertz CT molecular complexity index is 860. The molecule has 24 heavy (non-hydrogen) atoms. The minimum Gasteiger partial charge on any atom is -0.393 e. The van der Waals surface area contributed by atoms with Gasteiger partial charge in [-0.05, 0) is 49.9 Å². The van der Waals surface area contributed by atoms with E-state index in [1.165, 1.54) is 0 Å². The Kier molecular flexibility index (Phi) is 3.66. The average Bonchev–Trinajstić information content (AvgIpc) is 2.89. The fraction of sp³-hybridized carbons (Fsp3) is 0.368. The second kappa shape index (κ2) is 5.60. The molecule has 1 aliphatic heterocycles. The van der Waals surface area contributed by atoms with Crippen LogP contribution in [0.2, 0.25) is 0 Å².